The number of esters is 4. The van der Waals surface area contributed by atoms with Crippen LogP contribution in [-0.4, -0.2) is 124 Å². The van der Waals surface area contributed by atoms with Crippen molar-refractivity contribution in [2.24, 2.45) is 22.7 Å². The van der Waals surface area contributed by atoms with Crippen molar-refractivity contribution in [2.45, 2.75) is 128 Å². The summed E-state index contributed by atoms with van der Waals surface area (Å²) in [6.07, 6.45) is -11.8. The average molecular weight is 906 g/mol. The molecule has 5 aliphatic rings. The first-order valence-corrected chi connectivity index (χ1v) is 21.7. The van der Waals surface area contributed by atoms with Crippen LogP contribution in [0, 0.1) is 22.7 Å². The van der Waals surface area contributed by atoms with Crippen LogP contribution in [0.25, 0.3) is 0 Å². The first kappa shape index (κ1) is 47.3. The minimum absolute atomic E-state index is 0.0409. The zero-order chi connectivity index (χ0) is 47.2. The number of nitrogens with one attached hydrogen (secondary N) is 1. The number of amides is 1. The van der Waals surface area contributed by atoms with Crippen molar-refractivity contribution in [3.8, 4) is 0 Å². The molecule has 350 valence electrons. The van der Waals surface area contributed by atoms with Gasteiger partial charge in [0.1, 0.15) is 23.9 Å². The van der Waals surface area contributed by atoms with Gasteiger partial charge in [-0.05, 0) is 74.9 Å². The van der Waals surface area contributed by atoms with E-state index < -0.39 is 125 Å². The molecule has 1 heterocycles. The summed E-state index contributed by atoms with van der Waals surface area (Å²) >= 11 is 0. The lowest BCUT2D eigenvalue weighted by Crippen LogP contribution is -2.82. The van der Waals surface area contributed by atoms with Crippen LogP contribution in [-0.2, 0) is 47.5 Å². The lowest BCUT2D eigenvalue weighted by Gasteiger charge is -2.67. The second-order valence-corrected chi connectivity index (χ2v) is 18.2. The van der Waals surface area contributed by atoms with E-state index in [1.807, 2.05) is 0 Å². The molecule has 2 aromatic carbocycles. The number of rotatable bonds is 11. The fourth-order valence-electron chi connectivity index (χ4n) is 10.6. The predicted octanol–water partition coefficient (Wildman–Crippen LogP) is 3.91. The Morgan fingerprint density at radius 2 is 1.52 bits per heavy atom. The van der Waals surface area contributed by atoms with Gasteiger partial charge in [0, 0.05) is 25.2 Å². The van der Waals surface area contributed by atoms with E-state index in [-0.39, 0.29) is 41.9 Å². The molecule has 4 aliphatic carbocycles. The quantitative estimate of drug-likeness (QED) is 0.108. The second kappa shape index (κ2) is 17.9. The van der Waals surface area contributed by atoms with Gasteiger partial charge in [-0.2, -0.15) is 0 Å². The number of benzene rings is 2. The molecular formula is C47H55NO17. The smallest absolute Gasteiger partial charge is 0.456 e. The van der Waals surface area contributed by atoms with Gasteiger partial charge in [0.2, 0.25) is 0 Å². The van der Waals surface area contributed by atoms with Gasteiger partial charge >= 0.3 is 36.1 Å². The molecule has 2 aromatic rings. The third-order valence-electron chi connectivity index (χ3n) is 14.4. The fourth-order valence-corrected chi connectivity index (χ4v) is 10.6. The van der Waals surface area contributed by atoms with Gasteiger partial charge in [0.25, 0.3) is 0 Å². The molecule has 65 heavy (non-hydrogen) atoms. The SMILES string of the molecule is CCOC(=O)O[C@H]1C(=O)[C@@]2(C)C(C(OC(=O)c3ccccc3)[C@]3(O)C[C@H](OC(=O)[C@H](O)[C@@H](NC(=O)OC(=O)c4ccccc4)C4CCC4)C(C)=C1C3(C)C)[C@]1(OC(C)=O)CO[C@@H]1C[C@@H]2O. The largest absolute Gasteiger partial charge is 0.509 e. The number of alkyl carbamates (subject to hydrolysis) is 1. The highest BCUT2D eigenvalue weighted by molar-refractivity contribution is 5.97. The number of carbonyl (C=O) groups is 7. The molecule has 1 saturated heterocycles. The van der Waals surface area contributed by atoms with Crippen LogP contribution in [0.1, 0.15) is 94.4 Å². The van der Waals surface area contributed by atoms with Gasteiger partial charge in [-0.15, -0.1) is 0 Å². The Kier molecular flexibility index (Phi) is 13.1. The van der Waals surface area contributed by atoms with E-state index in [1.54, 1.807) is 36.4 Å². The summed E-state index contributed by atoms with van der Waals surface area (Å²) in [6, 6.07) is 14.1. The van der Waals surface area contributed by atoms with Crippen molar-refractivity contribution in [1.82, 2.24) is 5.32 Å². The number of fused-ring (bicyclic) bond motifs is 5. The van der Waals surface area contributed by atoms with Crippen molar-refractivity contribution >= 4 is 41.9 Å². The Morgan fingerprint density at radius 1 is 0.908 bits per heavy atom. The van der Waals surface area contributed by atoms with Crippen molar-refractivity contribution in [1.29, 1.82) is 0 Å². The number of Topliss-reactive ketones (excluding diaryl/α,β-unsaturated/α-hetero) is 1. The Hall–Kier alpha value is -5.69. The highest BCUT2D eigenvalue weighted by atomic mass is 16.7. The first-order chi connectivity index (χ1) is 30.7. The molecule has 18 nitrogen and oxygen atoms in total. The zero-order valence-electron chi connectivity index (χ0n) is 37.0. The summed E-state index contributed by atoms with van der Waals surface area (Å²) in [5.74, 6) is -7.02. The topological polar surface area (TPSA) is 257 Å². The summed E-state index contributed by atoms with van der Waals surface area (Å²) in [7, 11) is 0. The molecule has 0 aromatic heterocycles. The average Bonchev–Trinajstić information content (AvgIpc) is 3.24. The maximum absolute atomic E-state index is 15.6. The maximum atomic E-state index is 15.6. The summed E-state index contributed by atoms with van der Waals surface area (Å²) in [6.45, 7) is 8.00. The lowest BCUT2D eigenvalue weighted by atomic mass is 9.44. The highest BCUT2D eigenvalue weighted by Gasteiger charge is 2.78. The van der Waals surface area contributed by atoms with Crippen molar-refractivity contribution in [3.05, 3.63) is 82.9 Å². The summed E-state index contributed by atoms with van der Waals surface area (Å²) < 4.78 is 40.3. The van der Waals surface area contributed by atoms with Gasteiger partial charge in [0.05, 0.1) is 47.8 Å². The van der Waals surface area contributed by atoms with E-state index in [1.165, 1.54) is 58.9 Å². The number of ether oxygens (including phenoxy) is 7. The van der Waals surface area contributed by atoms with E-state index in [4.69, 9.17) is 33.2 Å². The third kappa shape index (κ3) is 8.18. The second-order valence-electron chi connectivity index (χ2n) is 18.2. The Morgan fingerprint density at radius 3 is 2.06 bits per heavy atom. The maximum Gasteiger partial charge on any atom is 0.509 e. The predicted molar refractivity (Wildman–Crippen MR) is 222 cm³/mol. The van der Waals surface area contributed by atoms with Crippen LogP contribution in [0.2, 0.25) is 0 Å². The van der Waals surface area contributed by atoms with Gasteiger partial charge < -0.3 is 53.8 Å². The number of aliphatic hydroxyl groups excluding tert-OH is 2. The van der Waals surface area contributed by atoms with E-state index in [0.717, 1.165) is 6.92 Å². The number of ketones is 1. The summed E-state index contributed by atoms with van der Waals surface area (Å²) in [5.41, 5.74) is -8.01. The first-order valence-electron chi connectivity index (χ1n) is 21.7. The van der Waals surface area contributed by atoms with Crippen molar-refractivity contribution < 1.29 is 82.0 Å². The Bertz CT molecular complexity index is 2240. The molecule has 1 aliphatic heterocycles. The summed E-state index contributed by atoms with van der Waals surface area (Å²) in [4.78, 5) is 96.3. The zero-order valence-corrected chi connectivity index (χ0v) is 37.0. The monoisotopic (exact) mass is 905 g/mol. The van der Waals surface area contributed by atoms with Gasteiger partial charge in [0.15, 0.2) is 23.6 Å². The van der Waals surface area contributed by atoms with Crippen LogP contribution in [0.15, 0.2) is 71.8 Å². The van der Waals surface area contributed by atoms with Gasteiger partial charge in [-0.3, -0.25) is 9.59 Å². The molecule has 4 fully saturated rings. The molecule has 7 rings (SSSR count). The summed E-state index contributed by atoms with van der Waals surface area (Å²) in [5, 5.41) is 39.9. The Labute approximate surface area is 374 Å². The molecule has 1 amide bonds. The lowest BCUT2D eigenvalue weighted by molar-refractivity contribution is -0.346. The number of hydrogen-bond donors (Lipinski definition) is 4. The molecule has 3 saturated carbocycles. The minimum atomic E-state index is -2.46. The van der Waals surface area contributed by atoms with E-state index >= 15 is 4.79 Å². The fraction of sp³-hybridized carbons (Fsp3) is 0.553. The minimum Gasteiger partial charge on any atom is -0.456 e. The van der Waals surface area contributed by atoms with Crippen molar-refractivity contribution in [3.63, 3.8) is 0 Å². The molecule has 4 N–H and O–H groups in total. The third-order valence-corrected chi connectivity index (χ3v) is 14.4. The molecule has 18 heteroatoms. The van der Waals surface area contributed by atoms with E-state index in [0.29, 0.717) is 19.3 Å². The van der Waals surface area contributed by atoms with Crippen LogP contribution >= 0.6 is 0 Å². The molecular weight excluding hydrogens is 851 g/mol. The van der Waals surface area contributed by atoms with E-state index in [2.05, 4.69) is 5.32 Å². The molecule has 11 atom stereocenters. The normalized spacial score (nSPS) is 32.2. The van der Waals surface area contributed by atoms with Crippen LogP contribution in [0.4, 0.5) is 9.59 Å². The molecule has 2 unspecified atom stereocenters. The van der Waals surface area contributed by atoms with Crippen molar-refractivity contribution in [2.75, 3.05) is 13.2 Å². The van der Waals surface area contributed by atoms with Gasteiger partial charge in [-0.25, -0.2) is 24.0 Å². The Balaban J connectivity index is 1.34. The number of carbonyl (C=O) groups excluding carboxylic acids is 7. The van der Waals surface area contributed by atoms with Crippen LogP contribution in [0.5, 0.6) is 0 Å². The van der Waals surface area contributed by atoms with Crippen LogP contribution in [0.3, 0.4) is 0 Å². The van der Waals surface area contributed by atoms with Gasteiger partial charge in [-0.1, -0.05) is 56.7 Å². The molecule has 2 bridgehead atoms. The van der Waals surface area contributed by atoms with E-state index in [9.17, 15) is 44.1 Å². The standard InChI is InChI=1S/C47H55NO17/c1-7-59-43(57)62-35-32-24(2)29(61-41(55)34(51)33(26-19-14-20-26)48-42(56)64-40(54)28-17-12-9-13-18-28)22-47(58,44(32,4)5)38(63-39(53)27-15-10-8-11-16-27)36-45(6,37(35)52)30(50)21-31-46(36,23-60-31)65-25(3)49/h8-13,15-18,26,29-31,33-36,38,50-51,58H,7,14,19-23H2,1-6H3,(H,48,56)/t29-,30-,31+,33-,34+,35+,36?,38?,45+,46-,47+/m0/s1. The molecule has 0 radical (unpaired) electrons. The highest BCUT2D eigenvalue weighted by Crippen LogP contribution is 2.64. The number of hydrogen-bond acceptors (Lipinski definition) is 17. The van der Waals surface area contributed by atoms with Crippen LogP contribution < -0.4 is 5.32 Å². The molecule has 0 spiro atoms. The number of aliphatic hydroxyl groups is 3.